The monoisotopic (exact) mass is 673 g/mol. The smallest absolute Gasteiger partial charge is 0.135 e. The van der Waals surface area contributed by atoms with Gasteiger partial charge < -0.3 is 29.6 Å². The van der Waals surface area contributed by atoms with Crippen LogP contribution in [0.1, 0.15) is 25.2 Å². The Hall–Kier alpha value is -6.92. The Labute approximate surface area is 299 Å². The van der Waals surface area contributed by atoms with E-state index >= 15 is 0 Å². The molecule has 4 aromatic heterocycles. The number of hydrogen-bond acceptors (Lipinski definition) is 3. The minimum absolute atomic E-state index is 0.719. The molecule has 0 spiro atoms. The van der Waals surface area contributed by atoms with E-state index in [1.807, 2.05) is 38.1 Å². The molecule has 0 saturated heterocycles. The van der Waals surface area contributed by atoms with Crippen LogP contribution in [0.2, 0.25) is 0 Å². The van der Waals surface area contributed by atoms with Crippen molar-refractivity contribution in [3.05, 3.63) is 151 Å². The van der Waals surface area contributed by atoms with Crippen LogP contribution in [-0.2, 0) is 0 Å². The summed E-state index contributed by atoms with van der Waals surface area (Å²) in [4.78, 5) is 0. The molecule has 6 heteroatoms. The van der Waals surface area contributed by atoms with Gasteiger partial charge in [0.1, 0.15) is 11.2 Å². The maximum atomic E-state index is 7.33. The van der Waals surface area contributed by atoms with E-state index in [2.05, 4.69) is 141 Å². The highest BCUT2D eigenvalue weighted by Gasteiger charge is 2.26. The van der Waals surface area contributed by atoms with Gasteiger partial charge in [-0.05, 0) is 86.7 Å². The summed E-state index contributed by atoms with van der Waals surface area (Å²) in [7, 11) is 0. The van der Waals surface area contributed by atoms with Crippen LogP contribution >= 0.6 is 0 Å². The third-order valence-electron chi connectivity index (χ3n) is 10.4. The number of furan rings is 1. The minimum atomic E-state index is 0.719. The van der Waals surface area contributed by atoms with Crippen LogP contribution in [0, 0.1) is 0 Å². The van der Waals surface area contributed by atoms with Gasteiger partial charge in [-0.25, -0.2) is 0 Å². The van der Waals surface area contributed by atoms with Crippen molar-refractivity contribution in [2.45, 2.75) is 13.8 Å². The number of fused-ring (bicyclic) bond motifs is 10. The van der Waals surface area contributed by atoms with Crippen LogP contribution in [0.5, 0.6) is 0 Å². The molecule has 0 amide bonds. The van der Waals surface area contributed by atoms with Gasteiger partial charge >= 0.3 is 0 Å². The molecule has 6 aromatic carbocycles. The lowest BCUT2D eigenvalue weighted by Crippen LogP contribution is -1.97. The highest BCUT2D eigenvalue weighted by Crippen LogP contribution is 2.47. The Kier molecular flexibility index (Phi) is 6.51. The molecule has 0 bridgehead atoms. The van der Waals surface area contributed by atoms with Crippen LogP contribution < -0.4 is 11.5 Å². The summed E-state index contributed by atoms with van der Waals surface area (Å²) in [6.45, 7) is 4.06. The van der Waals surface area contributed by atoms with E-state index in [4.69, 9.17) is 15.9 Å². The van der Waals surface area contributed by atoms with E-state index in [9.17, 15) is 0 Å². The second-order valence-electron chi connectivity index (χ2n) is 13.3. The first-order valence-corrected chi connectivity index (χ1v) is 17.6. The molecular formula is C46H35N5O. The Bertz CT molecular complexity index is 3100. The number of rotatable bonds is 5. The van der Waals surface area contributed by atoms with E-state index < -0.39 is 0 Å². The first-order valence-electron chi connectivity index (χ1n) is 17.6. The fraction of sp³-hybridized carbons (Fsp3) is 0.0435. The first-order chi connectivity index (χ1) is 25.6. The third-order valence-corrected chi connectivity index (χ3v) is 10.4. The van der Waals surface area contributed by atoms with Gasteiger partial charge in [0, 0.05) is 49.4 Å². The van der Waals surface area contributed by atoms with Gasteiger partial charge in [0.15, 0.2) is 0 Å². The molecule has 0 unspecified atom stereocenters. The fourth-order valence-electron chi connectivity index (χ4n) is 8.30. The van der Waals surface area contributed by atoms with Gasteiger partial charge in [-0.1, -0.05) is 78.9 Å². The predicted molar refractivity (Wildman–Crippen MR) is 220 cm³/mol. The Morgan fingerprint density at radius 1 is 0.462 bits per heavy atom. The van der Waals surface area contributed by atoms with E-state index in [0.29, 0.717) is 0 Å². The average molecular weight is 674 g/mol. The van der Waals surface area contributed by atoms with Crippen molar-refractivity contribution >= 4 is 89.1 Å². The normalized spacial score (nSPS) is 12.4. The largest absolute Gasteiger partial charge is 0.456 e. The van der Waals surface area contributed by atoms with Gasteiger partial charge in [0.2, 0.25) is 0 Å². The number of nitrogens with zero attached hydrogens (tertiary/aromatic N) is 3. The highest BCUT2D eigenvalue weighted by atomic mass is 16.3. The highest BCUT2D eigenvalue weighted by molar-refractivity contribution is 6.28. The van der Waals surface area contributed by atoms with Gasteiger partial charge in [-0.15, -0.1) is 0 Å². The first kappa shape index (κ1) is 29.9. The zero-order chi connectivity index (χ0) is 35.1. The summed E-state index contributed by atoms with van der Waals surface area (Å²) >= 11 is 0. The maximum Gasteiger partial charge on any atom is 0.135 e. The lowest BCUT2D eigenvalue weighted by atomic mass is 10.1. The zero-order valence-corrected chi connectivity index (χ0v) is 28.8. The Balaban J connectivity index is 1.38. The molecule has 0 radical (unpaired) electrons. The molecular weight excluding hydrogens is 639 g/mol. The number of aromatic nitrogens is 3. The lowest BCUT2D eigenvalue weighted by Gasteiger charge is -2.11. The van der Waals surface area contributed by atoms with Crippen molar-refractivity contribution in [2.24, 2.45) is 0 Å². The van der Waals surface area contributed by atoms with E-state index in [1.165, 1.54) is 0 Å². The van der Waals surface area contributed by atoms with E-state index in [0.717, 1.165) is 105 Å². The topological polar surface area (TPSA) is 80.0 Å². The van der Waals surface area contributed by atoms with Crippen molar-refractivity contribution in [1.29, 1.82) is 0 Å². The van der Waals surface area contributed by atoms with Crippen molar-refractivity contribution in [3.8, 4) is 17.1 Å². The number of anilines is 2. The third kappa shape index (κ3) is 4.06. The predicted octanol–water partition coefficient (Wildman–Crippen LogP) is 11.8. The molecule has 0 aliphatic heterocycles. The Morgan fingerprint density at radius 2 is 0.962 bits per heavy atom. The van der Waals surface area contributed by atoms with Crippen molar-refractivity contribution in [3.63, 3.8) is 0 Å². The molecule has 10 rings (SSSR count). The molecule has 6 nitrogen and oxygen atoms in total. The molecule has 0 aliphatic rings. The van der Waals surface area contributed by atoms with E-state index in [-0.39, 0.29) is 0 Å². The minimum Gasteiger partial charge on any atom is -0.456 e. The number of allylic oxidation sites excluding steroid dienone is 2. The second-order valence-corrected chi connectivity index (χ2v) is 13.3. The number of nitrogen functional groups attached to an aromatic ring is 2. The summed E-state index contributed by atoms with van der Waals surface area (Å²) in [5.41, 5.74) is 26.9. The van der Waals surface area contributed by atoms with Crippen LogP contribution in [0.15, 0.2) is 144 Å². The molecule has 250 valence electrons. The quantitative estimate of drug-likeness (QED) is 0.191. The van der Waals surface area contributed by atoms with Crippen LogP contribution in [0.4, 0.5) is 11.4 Å². The second kappa shape index (κ2) is 11.3. The Morgan fingerprint density at radius 3 is 1.54 bits per heavy atom. The van der Waals surface area contributed by atoms with Crippen LogP contribution in [0.25, 0.3) is 94.8 Å². The molecule has 4 N–H and O–H groups in total. The van der Waals surface area contributed by atoms with Crippen molar-refractivity contribution in [2.75, 3.05) is 11.5 Å². The number of hydrogen-bond donors (Lipinski definition) is 2. The number of para-hydroxylation sites is 3. The summed E-state index contributed by atoms with van der Waals surface area (Å²) in [6.07, 6.45) is 8.31. The lowest BCUT2D eigenvalue weighted by molar-refractivity contribution is 0.669. The SMILES string of the molecule is C/C=C\c1c(N)c2c(ccc3c4ccc5c(c(N)c(/C=C\C)n5-c5ccc6oc7ccccc7c6c5)c4n(-c4ccccc4)c32)n1-c1ccccc1. The van der Waals surface area contributed by atoms with Gasteiger partial charge in [0.05, 0.1) is 44.8 Å². The molecule has 4 heterocycles. The van der Waals surface area contributed by atoms with Crippen molar-refractivity contribution < 1.29 is 4.42 Å². The van der Waals surface area contributed by atoms with Gasteiger partial charge in [-0.2, -0.15) is 0 Å². The molecule has 0 fully saturated rings. The number of nitrogens with two attached hydrogens (primary N) is 2. The number of benzene rings is 6. The summed E-state index contributed by atoms with van der Waals surface area (Å²) in [6, 6.07) is 44.4. The maximum absolute atomic E-state index is 7.33. The van der Waals surface area contributed by atoms with Gasteiger partial charge in [-0.3, -0.25) is 0 Å². The zero-order valence-electron chi connectivity index (χ0n) is 28.8. The standard InChI is InChI=1S/C46H35N5O/c1-3-13-37-43(47)41-35(49(37)28-15-7-5-8-16-28)24-22-32-33-23-25-36-42(46(33)51(45(32)41)29-17-9-6-10-18-29)44(48)38(14-4-2)50(36)30-21-26-40-34(27-30)31-19-11-12-20-39(31)52-40/h3-27H,47-48H2,1-2H3/b13-3-,14-4-. The summed E-state index contributed by atoms with van der Waals surface area (Å²) in [5, 5.41) is 6.38. The van der Waals surface area contributed by atoms with Gasteiger partial charge in [0.25, 0.3) is 0 Å². The molecule has 0 aliphatic carbocycles. The van der Waals surface area contributed by atoms with E-state index in [1.54, 1.807) is 0 Å². The van der Waals surface area contributed by atoms with Crippen LogP contribution in [0.3, 0.4) is 0 Å². The average Bonchev–Trinajstić information content (AvgIpc) is 3.89. The molecule has 0 atom stereocenters. The fourth-order valence-corrected chi connectivity index (χ4v) is 8.30. The molecule has 0 saturated carbocycles. The summed E-state index contributed by atoms with van der Waals surface area (Å²) < 4.78 is 13.1. The molecule has 52 heavy (non-hydrogen) atoms. The summed E-state index contributed by atoms with van der Waals surface area (Å²) in [5.74, 6) is 0. The van der Waals surface area contributed by atoms with Crippen LogP contribution in [-0.4, -0.2) is 13.7 Å². The van der Waals surface area contributed by atoms with Crippen molar-refractivity contribution in [1.82, 2.24) is 13.7 Å². The molecule has 10 aromatic rings.